The molecule has 2 aromatic heterocycles. The second-order valence-corrected chi connectivity index (χ2v) is 9.26. The minimum absolute atomic E-state index is 0.0332. The number of fused-ring (bicyclic) bond motifs is 3. The van der Waals surface area contributed by atoms with E-state index in [1.54, 1.807) is 6.92 Å². The zero-order chi connectivity index (χ0) is 24.1. The van der Waals surface area contributed by atoms with Crippen molar-refractivity contribution in [3.8, 4) is 0 Å². The summed E-state index contributed by atoms with van der Waals surface area (Å²) in [6.45, 7) is 6.56. The molecule has 5 rings (SSSR count). The Morgan fingerprint density at radius 1 is 1.21 bits per heavy atom. The Morgan fingerprint density at radius 3 is 2.62 bits per heavy atom. The zero-order valence-electron chi connectivity index (χ0n) is 19.4. The number of anilines is 1. The first-order valence-electron chi connectivity index (χ1n) is 11.7. The number of aryl methyl sites for hydroxylation is 1. The van der Waals surface area contributed by atoms with Crippen LogP contribution in [-0.2, 0) is 24.3 Å². The van der Waals surface area contributed by atoms with Gasteiger partial charge in [0.25, 0.3) is 12.2 Å². The van der Waals surface area contributed by atoms with Crippen LogP contribution in [0.4, 0.5) is 19.0 Å². The van der Waals surface area contributed by atoms with E-state index in [-0.39, 0.29) is 17.4 Å². The average molecular weight is 473 g/mol. The van der Waals surface area contributed by atoms with Crippen LogP contribution in [0, 0.1) is 17.7 Å². The molecule has 3 aromatic rings. The molecule has 3 heterocycles. The van der Waals surface area contributed by atoms with E-state index in [1.165, 1.54) is 12.1 Å². The molecule has 34 heavy (non-hydrogen) atoms. The van der Waals surface area contributed by atoms with Gasteiger partial charge in [-0.2, -0.15) is 4.98 Å². The highest BCUT2D eigenvalue weighted by atomic mass is 19.3. The van der Waals surface area contributed by atoms with E-state index in [0.29, 0.717) is 37.0 Å². The Morgan fingerprint density at radius 2 is 1.97 bits per heavy atom. The molecule has 0 saturated heterocycles. The quantitative estimate of drug-likeness (QED) is 0.557. The lowest BCUT2D eigenvalue weighted by atomic mass is 9.74. The van der Waals surface area contributed by atoms with Crippen LogP contribution < -0.4 is 5.32 Å². The Balaban J connectivity index is 1.52. The smallest absolute Gasteiger partial charge is 0.266 e. The first-order valence-corrected chi connectivity index (χ1v) is 11.7. The summed E-state index contributed by atoms with van der Waals surface area (Å²) in [5, 5.41) is 11.6. The SMILES string of the molecule is CCc1nnc2nc(NC(C)c3cccc(C(F)F)c3F)c3c(n12)CN(C(=O)C1CCC1C)C3. The zero-order valence-corrected chi connectivity index (χ0v) is 19.4. The highest BCUT2D eigenvalue weighted by molar-refractivity contribution is 5.81. The maximum absolute atomic E-state index is 14.8. The number of hydrogen-bond donors (Lipinski definition) is 1. The van der Waals surface area contributed by atoms with Crippen LogP contribution in [0.5, 0.6) is 0 Å². The number of hydrogen-bond acceptors (Lipinski definition) is 5. The van der Waals surface area contributed by atoms with Crippen LogP contribution in [0.1, 0.15) is 74.3 Å². The number of nitrogens with one attached hydrogen (secondary N) is 1. The second kappa shape index (κ2) is 8.56. The normalized spacial score (nSPS) is 20.5. The third-order valence-electron chi connectivity index (χ3n) is 7.20. The molecule has 180 valence electrons. The molecule has 0 radical (unpaired) electrons. The second-order valence-electron chi connectivity index (χ2n) is 9.26. The lowest BCUT2D eigenvalue weighted by molar-refractivity contribution is -0.141. The number of carbonyl (C=O) groups is 1. The van der Waals surface area contributed by atoms with Crippen molar-refractivity contribution in [3.63, 3.8) is 0 Å². The van der Waals surface area contributed by atoms with Crippen molar-refractivity contribution in [1.29, 1.82) is 0 Å². The minimum Gasteiger partial charge on any atom is -0.363 e. The monoisotopic (exact) mass is 472 g/mol. The summed E-state index contributed by atoms with van der Waals surface area (Å²) in [7, 11) is 0. The molecule has 3 atom stereocenters. The summed E-state index contributed by atoms with van der Waals surface area (Å²) >= 11 is 0. The molecule has 1 saturated carbocycles. The molecule has 1 fully saturated rings. The van der Waals surface area contributed by atoms with E-state index in [1.807, 2.05) is 16.2 Å². The lowest BCUT2D eigenvalue weighted by Crippen LogP contribution is -2.40. The summed E-state index contributed by atoms with van der Waals surface area (Å²) in [6.07, 6.45) is -0.294. The lowest BCUT2D eigenvalue weighted by Gasteiger charge is -2.35. The molecular weight excluding hydrogens is 445 g/mol. The van der Waals surface area contributed by atoms with E-state index >= 15 is 0 Å². The number of alkyl halides is 2. The Kier molecular flexibility index (Phi) is 5.69. The molecule has 7 nitrogen and oxygen atoms in total. The van der Waals surface area contributed by atoms with E-state index in [4.69, 9.17) is 0 Å². The predicted molar refractivity (Wildman–Crippen MR) is 120 cm³/mol. The minimum atomic E-state index is -2.90. The van der Waals surface area contributed by atoms with Crippen LogP contribution in [0.3, 0.4) is 0 Å². The fourth-order valence-corrected chi connectivity index (χ4v) is 4.98. The summed E-state index contributed by atoms with van der Waals surface area (Å²) in [5.41, 5.74) is 1.19. The Hall–Kier alpha value is -3.17. The number of carbonyl (C=O) groups excluding carboxylic acids is 1. The highest BCUT2D eigenvalue weighted by Gasteiger charge is 2.39. The van der Waals surface area contributed by atoms with Gasteiger partial charge in [0.1, 0.15) is 17.5 Å². The van der Waals surface area contributed by atoms with Crippen molar-refractivity contribution >= 4 is 17.5 Å². The fraction of sp³-hybridized carbons (Fsp3) is 0.500. The number of rotatable bonds is 6. The van der Waals surface area contributed by atoms with Crippen molar-refractivity contribution in [2.24, 2.45) is 11.8 Å². The first-order chi connectivity index (χ1) is 16.3. The van der Waals surface area contributed by atoms with Gasteiger partial charge < -0.3 is 10.2 Å². The Labute approximate surface area is 195 Å². The summed E-state index contributed by atoms with van der Waals surface area (Å²) in [5.74, 6) is 1.21. The van der Waals surface area contributed by atoms with Crippen molar-refractivity contribution in [3.05, 3.63) is 52.2 Å². The Bertz CT molecular complexity index is 1260. The van der Waals surface area contributed by atoms with E-state index in [0.717, 1.165) is 36.0 Å². The van der Waals surface area contributed by atoms with Crippen molar-refractivity contribution in [1.82, 2.24) is 24.5 Å². The molecule has 10 heteroatoms. The predicted octanol–water partition coefficient (Wildman–Crippen LogP) is 4.82. The van der Waals surface area contributed by atoms with Gasteiger partial charge in [-0.3, -0.25) is 9.20 Å². The average Bonchev–Trinajstić information content (AvgIpc) is 3.42. The van der Waals surface area contributed by atoms with Gasteiger partial charge >= 0.3 is 0 Å². The molecular formula is C24H27F3N6O. The maximum Gasteiger partial charge on any atom is 0.266 e. The maximum atomic E-state index is 14.8. The standard InChI is InChI=1S/C24H27F3N6O/c1-4-19-30-31-24-29-22(28-13(3)15-6-5-7-16(20(15)25)21(26)27)17-10-32(11-18(17)33(19)24)23(34)14-9-8-12(14)2/h5-7,12-14,21H,4,8-11H2,1-3H3,(H,28,29,31). The number of nitrogens with zero attached hydrogens (tertiary/aromatic N) is 5. The van der Waals surface area contributed by atoms with Gasteiger partial charge in [-0.25, -0.2) is 13.2 Å². The first kappa shape index (κ1) is 22.6. The van der Waals surface area contributed by atoms with Gasteiger partial charge in [0.2, 0.25) is 5.91 Å². The molecule has 1 aliphatic carbocycles. The van der Waals surface area contributed by atoms with Crippen LogP contribution in [0.25, 0.3) is 5.78 Å². The largest absolute Gasteiger partial charge is 0.363 e. The summed E-state index contributed by atoms with van der Waals surface area (Å²) in [6, 6.07) is 3.36. The van der Waals surface area contributed by atoms with Gasteiger partial charge in [0.05, 0.1) is 30.4 Å². The van der Waals surface area contributed by atoms with E-state index in [9.17, 15) is 18.0 Å². The van der Waals surface area contributed by atoms with Gasteiger partial charge in [0.15, 0.2) is 0 Å². The summed E-state index contributed by atoms with van der Waals surface area (Å²) < 4.78 is 43.1. The third-order valence-corrected chi connectivity index (χ3v) is 7.20. The number of halogens is 3. The highest BCUT2D eigenvalue weighted by Crippen LogP contribution is 2.39. The van der Waals surface area contributed by atoms with Crippen LogP contribution >= 0.6 is 0 Å². The number of benzene rings is 1. The van der Waals surface area contributed by atoms with Crippen LogP contribution in [-0.4, -0.2) is 30.4 Å². The molecule has 2 aliphatic rings. The molecule has 1 aromatic carbocycles. The van der Waals surface area contributed by atoms with Crippen LogP contribution in [0.2, 0.25) is 0 Å². The van der Waals surface area contributed by atoms with Crippen molar-refractivity contribution < 1.29 is 18.0 Å². The van der Waals surface area contributed by atoms with E-state index < -0.39 is 23.8 Å². The molecule has 1 aliphatic heterocycles. The van der Waals surface area contributed by atoms with Crippen molar-refractivity contribution in [2.45, 2.75) is 65.6 Å². The molecule has 0 spiro atoms. The summed E-state index contributed by atoms with van der Waals surface area (Å²) in [4.78, 5) is 19.6. The number of amides is 1. The number of aromatic nitrogens is 4. The van der Waals surface area contributed by atoms with Gasteiger partial charge in [0, 0.05) is 23.5 Å². The molecule has 1 N–H and O–H groups in total. The topological polar surface area (TPSA) is 75.4 Å². The van der Waals surface area contributed by atoms with E-state index in [2.05, 4.69) is 27.4 Å². The fourth-order valence-electron chi connectivity index (χ4n) is 4.98. The van der Waals surface area contributed by atoms with Crippen LogP contribution in [0.15, 0.2) is 18.2 Å². The van der Waals surface area contributed by atoms with Crippen molar-refractivity contribution in [2.75, 3.05) is 5.32 Å². The van der Waals surface area contributed by atoms with Gasteiger partial charge in [-0.05, 0) is 25.7 Å². The third kappa shape index (κ3) is 3.59. The van der Waals surface area contributed by atoms with Gasteiger partial charge in [-0.15, -0.1) is 10.2 Å². The molecule has 1 amide bonds. The molecule has 3 unspecified atom stereocenters. The van der Waals surface area contributed by atoms with Gasteiger partial charge in [-0.1, -0.05) is 32.0 Å². The molecule has 0 bridgehead atoms.